The highest BCUT2D eigenvalue weighted by Crippen LogP contribution is 2.24. The van der Waals surface area contributed by atoms with Crippen LogP contribution in [0.2, 0.25) is 5.02 Å². The number of hydrogen-bond acceptors (Lipinski definition) is 3. The number of aromatic nitrogens is 1. The van der Waals surface area contributed by atoms with Gasteiger partial charge in [-0.05, 0) is 36.8 Å². The van der Waals surface area contributed by atoms with E-state index in [9.17, 15) is 0 Å². The van der Waals surface area contributed by atoms with Crippen LogP contribution < -0.4 is 11.1 Å². The Kier molecular flexibility index (Phi) is 4.18. The lowest BCUT2D eigenvalue weighted by atomic mass is 10.1. The summed E-state index contributed by atoms with van der Waals surface area (Å²) in [5.41, 5.74) is 8.86. The minimum atomic E-state index is -0.0108. The predicted molar refractivity (Wildman–Crippen MR) is 75.8 cm³/mol. The summed E-state index contributed by atoms with van der Waals surface area (Å²) in [6.07, 6.45) is 1.77. The largest absolute Gasteiger partial charge is 0.375 e. The Bertz CT molecular complexity index is 514. The maximum Gasteiger partial charge on any atom is 0.0807 e. The highest BCUT2D eigenvalue weighted by Gasteiger charge is 2.11. The molecule has 1 atom stereocenters. The van der Waals surface area contributed by atoms with Crippen LogP contribution in [0.4, 0.5) is 5.69 Å². The maximum atomic E-state index is 6.00. The molecular weight excluding hydrogens is 246 g/mol. The van der Waals surface area contributed by atoms with Crippen LogP contribution in [0.3, 0.4) is 0 Å². The fraction of sp³-hybridized carbons (Fsp3) is 0.214. The first-order valence-electron chi connectivity index (χ1n) is 5.84. The van der Waals surface area contributed by atoms with E-state index in [0.717, 1.165) is 16.9 Å². The number of halogens is 1. The minimum absolute atomic E-state index is 0.0108. The van der Waals surface area contributed by atoms with E-state index in [-0.39, 0.29) is 6.04 Å². The zero-order valence-electron chi connectivity index (χ0n) is 10.2. The quantitative estimate of drug-likeness (QED) is 0.889. The molecule has 1 unspecified atom stereocenters. The van der Waals surface area contributed by atoms with Gasteiger partial charge in [-0.25, -0.2) is 0 Å². The van der Waals surface area contributed by atoms with Crippen LogP contribution in [-0.2, 0) is 0 Å². The first-order chi connectivity index (χ1) is 8.70. The molecule has 94 valence electrons. The van der Waals surface area contributed by atoms with Gasteiger partial charge >= 0.3 is 0 Å². The first-order valence-corrected chi connectivity index (χ1v) is 6.22. The Balaban J connectivity index is 2.23. The molecule has 0 aliphatic heterocycles. The Labute approximate surface area is 112 Å². The zero-order chi connectivity index (χ0) is 13.0. The van der Waals surface area contributed by atoms with Crippen molar-refractivity contribution in [2.45, 2.75) is 13.0 Å². The highest BCUT2D eigenvalue weighted by atomic mass is 35.5. The molecular formula is C14H16ClN3. The van der Waals surface area contributed by atoms with Gasteiger partial charge in [-0.2, -0.15) is 0 Å². The average Bonchev–Trinajstić information content (AvgIpc) is 2.41. The Morgan fingerprint density at radius 2 is 2.17 bits per heavy atom. The van der Waals surface area contributed by atoms with Gasteiger partial charge < -0.3 is 11.1 Å². The second kappa shape index (κ2) is 5.85. The molecule has 0 saturated heterocycles. The Morgan fingerprint density at radius 1 is 1.33 bits per heavy atom. The molecule has 3 N–H and O–H groups in total. The number of nitrogens with one attached hydrogen (secondary N) is 1. The molecule has 4 heteroatoms. The molecule has 0 aliphatic rings. The molecule has 0 spiro atoms. The molecule has 2 aromatic rings. The van der Waals surface area contributed by atoms with Crippen LogP contribution in [0, 0.1) is 6.92 Å². The van der Waals surface area contributed by atoms with Gasteiger partial charge in [0.2, 0.25) is 0 Å². The molecule has 0 radical (unpaired) electrons. The van der Waals surface area contributed by atoms with Gasteiger partial charge in [0.05, 0.1) is 11.7 Å². The normalized spacial score (nSPS) is 12.2. The summed E-state index contributed by atoms with van der Waals surface area (Å²) < 4.78 is 0. The van der Waals surface area contributed by atoms with Gasteiger partial charge in [0.25, 0.3) is 0 Å². The summed E-state index contributed by atoms with van der Waals surface area (Å²) in [7, 11) is 0. The number of nitrogens with two attached hydrogens (primary N) is 1. The molecule has 0 aliphatic carbocycles. The number of aryl methyl sites for hydroxylation is 1. The van der Waals surface area contributed by atoms with Gasteiger partial charge in [0.15, 0.2) is 0 Å². The predicted octanol–water partition coefficient (Wildman–Crippen LogP) is 3.16. The SMILES string of the molecule is Cc1ccc(Cl)cc1NC(CN)c1ccccn1. The van der Waals surface area contributed by atoms with Crippen molar-refractivity contribution in [3.05, 3.63) is 58.9 Å². The Morgan fingerprint density at radius 3 is 2.83 bits per heavy atom. The van der Waals surface area contributed by atoms with E-state index in [1.807, 2.05) is 43.3 Å². The smallest absolute Gasteiger partial charge is 0.0807 e. The molecule has 1 aromatic heterocycles. The standard InChI is InChI=1S/C14H16ClN3/c1-10-5-6-11(15)8-13(10)18-14(9-16)12-4-2-3-7-17-12/h2-8,14,18H,9,16H2,1H3. The molecule has 0 saturated carbocycles. The third-order valence-electron chi connectivity index (χ3n) is 2.81. The molecule has 1 aromatic carbocycles. The van der Waals surface area contributed by atoms with Crippen molar-refractivity contribution in [1.29, 1.82) is 0 Å². The number of nitrogens with zero attached hydrogens (tertiary/aromatic N) is 1. The minimum Gasteiger partial charge on any atom is -0.375 e. The van der Waals surface area contributed by atoms with Crippen LogP contribution in [0.5, 0.6) is 0 Å². The van der Waals surface area contributed by atoms with Gasteiger partial charge in [-0.15, -0.1) is 0 Å². The lowest BCUT2D eigenvalue weighted by molar-refractivity contribution is 0.759. The van der Waals surface area contributed by atoms with Crippen molar-refractivity contribution < 1.29 is 0 Å². The first kappa shape index (κ1) is 12.9. The molecule has 18 heavy (non-hydrogen) atoms. The summed E-state index contributed by atoms with van der Waals surface area (Å²) >= 11 is 6.00. The van der Waals surface area contributed by atoms with Crippen LogP contribution in [-0.4, -0.2) is 11.5 Å². The van der Waals surface area contributed by atoms with Crippen molar-refractivity contribution in [1.82, 2.24) is 4.98 Å². The van der Waals surface area contributed by atoms with E-state index in [1.165, 1.54) is 0 Å². The highest BCUT2D eigenvalue weighted by molar-refractivity contribution is 6.30. The van der Waals surface area contributed by atoms with Gasteiger partial charge in [-0.3, -0.25) is 4.98 Å². The average molecular weight is 262 g/mol. The van der Waals surface area contributed by atoms with E-state index in [2.05, 4.69) is 10.3 Å². The fourth-order valence-electron chi connectivity index (χ4n) is 1.77. The summed E-state index contributed by atoms with van der Waals surface area (Å²) in [6, 6.07) is 11.6. The molecule has 0 amide bonds. The molecule has 1 heterocycles. The van der Waals surface area contributed by atoms with Crippen LogP contribution in [0.1, 0.15) is 17.3 Å². The van der Waals surface area contributed by atoms with Gasteiger partial charge in [0.1, 0.15) is 0 Å². The van der Waals surface area contributed by atoms with Crippen LogP contribution >= 0.6 is 11.6 Å². The van der Waals surface area contributed by atoms with E-state index in [4.69, 9.17) is 17.3 Å². The monoisotopic (exact) mass is 261 g/mol. The lowest BCUT2D eigenvalue weighted by Crippen LogP contribution is -2.21. The third-order valence-corrected chi connectivity index (χ3v) is 3.04. The third kappa shape index (κ3) is 3.00. The summed E-state index contributed by atoms with van der Waals surface area (Å²) in [6.45, 7) is 2.51. The topological polar surface area (TPSA) is 50.9 Å². The summed E-state index contributed by atoms with van der Waals surface area (Å²) in [4.78, 5) is 4.32. The van der Waals surface area contributed by atoms with Gasteiger partial charge in [-0.1, -0.05) is 23.7 Å². The number of benzene rings is 1. The zero-order valence-corrected chi connectivity index (χ0v) is 11.0. The van der Waals surface area contributed by atoms with Gasteiger partial charge in [0, 0.05) is 23.5 Å². The molecule has 0 bridgehead atoms. The van der Waals surface area contributed by atoms with Crippen LogP contribution in [0.15, 0.2) is 42.6 Å². The van der Waals surface area contributed by atoms with Crippen LogP contribution in [0.25, 0.3) is 0 Å². The molecule has 2 rings (SSSR count). The maximum absolute atomic E-state index is 6.00. The second-order valence-electron chi connectivity index (χ2n) is 4.15. The molecule has 3 nitrogen and oxygen atoms in total. The number of pyridine rings is 1. The van der Waals surface area contributed by atoms with E-state index >= 15 is 0 Å². The second-order valence-corrected chi connectivity index (χ2v) is 4.58. The van der Waals surface area contributed by atoms with Crippen molar-refractivity contribution >= 4 is 17.3 Å². The van der Waals surface area contributed by atoms with Crippen molar-refractivity contribution in [2.24, 2.45) is 5.73 Å². The van der Waals surface area contributed by atoms with E-state index in [1.54, 1.807) is 6.20 Å². The molecule has 0 fully saturated rings. The summed E-state index contributed by atoms with van der Waals surface area (Å²) in [5.74, 6) is 0. The number of rotatable bonds is 4. The lowest BCUT2D eigenvalue weighted by Gasteiger charge is -2.19. The summed E-state index contributed by atoms with van der Waals surface area (Å²) in [5, 5.41) is 4.09. The van der Waals surface area contributed by atoms with Crippen molar-refractivity contribution in [3.63, 3.8) is 0 Å². The van der Waals surface area contributed by atoms with E-state index in [0.29, 0.717) is 11.6 Å². The number of anilines is 1. The number of hydrogen-bond donors (Lipinski definition) is 2. The van der Waals surface area contributed by atoms with E-state index < -0.39 is 0 Å². The fourth-order valence-corrected chi connectivity index (χ4v) is 1.95. The Hall–Kier alpha value is -1.58. The van der Waals surface area contributed by atoms with Crippen molar-refractivity contribution in [2.75, 3.05) is 11.9 Å². The van der Waals surface area contributed by atoms with Crippen molar-refractivity contribution in [3.8, 4) is 0 Å².